The molecule has 0 spiro atoms. The maximum absolute atomic E-state index is 11.4. The number of nitrogens with one attached hydrogen (secondary N) is 1. The fourth-order valence-electron chi connectivity index (χ4n) is 1.44. The van der Waals surface area contributed by atoms with Gasteiger partial charge in [0.2, 0.25) is 0 Å². The summed E-state index contributed by atoms with van der Waals surface area (Å²) in [5, 5.41) is 3.16. The van der Waals surface area contributed by atoms with Gasteiger partial charge in [-0.15, -0.1) is 0 Å². The fraction of sp³-hybridized carbons (Fsp3) is 1.00. The topological polar surface area (TPSA) is 46.2 Å². The van der Waals surface area contributed by atoms with Crippen molar-refractivity contribution in [3.05, 3.63) is 0 Å². The highest BCUT2D eigenvalue weighted by molar-refractivity contribution is 7.91. The third-order valence-electron chi connectivity index (χ3n) is 2.39. The molecule has 0 amide bonds. The molecule has 1 N–H and O–H groups in total. The predicted octanol–water partition coefficient (Wildman–Crippen LogP) is 0.419. The summed E-state index contributed by atoms with van der Waals surface area (Å²) >= 11 is 0. The van der Waals surface area contributed by atoms with Gasteiger partial charge in [0.15, 0.2) is 9.84 Å². The van der Waals surface area contributed by atoms with Crippen molar-refractivity contribution in [2.75, 3.05) is 18.1 Å². The molecule has 3 nitrogen and oxygen atoms in total. The van der Waals surface area contributed by atoms with Gasteiger partial charge in [0, 0.05) is 24.3 Å². The molecular formula is C8H17NO2S. The first-order valence-electron chi connectivity index (χ1n) is 4.49. The number of rotatable bonds is 4. The van der Waals surface area contributed by atoms with E-state index in [-0.39, 0.29) is 0 Å². The second kappa shape index (κ2) is 3.75. The summed E-state index contributed by atoms with van der Waals surface area (Å²) in [6.45, 7) is 4.81. The average molecular weight is 191 g/mol. The zero-order valence-corrected chi connectivity index (χ0v) is 8.52. The third kappa shape index (κ3) is 2.45. The Morgan fingerprint density at radius 2 is 2.17 bits per heavy atom. The van der Waals surface area contributed by atoms with Crippen LogP contribution >= 0.6 is 0 Å². The lowest BCUT2D eigenvalue weighted by molar-refractivity contribution is 0.276. The predicted molar refractivity (Wildman–Crippen MR) is 49.9 cm³/mol. The summed E-state index contributed by atoms with van der Waals surface area (Å²) in [6.07, 6.45) is 0.733. The molecule has 72 valence electrons. The van der Waals surface area contributed by atoms with Gasteiger partial charge in [-0.05, 0) is 13.3 Å². The molecule has 0 aromatic rings. The number of hydrogen-bond acceptors (Lipinski definition) is 3. The lowest BCUT2D eigenvalue weighted by Crippen LogP contribution is -2.53. The normalized spacial score (nSPS) is 29.8. The van der Waals surface area contributed by atoms with Crippen LogP contribution in [0.25, 0.3) is 0 Å². The Bertz CT molecular complexity index is 235. The van der Waals surface area contributed by atoms with Crippen LogP contribution in [0.2, 0.25) is 0 Å². The summed E-state index contributed by atoms with van der Waals surface area (Å²) in [4.78, 5) is 0. The van der Waals surface area contributed by atoms with Gasteiger partial charge in [0.1, 0.15) is 0 Å². The molecule has 0 aliphatic carbocycles. The van der Waals surface area contributed by atoms with Crippen LogP contribution in [-0.2, 0) is 9.84 Å². The molecule has 12 heavy (non-hydrogen) atoms. The fourth-order valence-corrected chi connectivity index (χ4v) is 3.29. The molecule has 0 aromatic carbocycles. The van der Waals surface area contributed by atoms with E-state index >= 15 is 0 Å². The van der Waals surface area contributed by atoms with Gasteiger partial charge < -0.3 is 5.32 Å². The molecule has 0 radical (unpaired) electrons. The molecule has 0 unspecified atom stereocenters. The molecule has 1 fully saturated rings. The Labute approximate surface area is 74.5 Å². The van der Waals surface area contributed by atoms with Crippen molar-refractivity contribution >= 4 is 9.84 Å². The van der Waals surface area contributed by atoms with Crippen molar-refractivity contribution in [1.82, 2.24) is 5.32 Å². The van der Waals surface area contributed by atoms with E-state index in [2.05, 4.69) is 5.32 Å². The molecule has 1 aliphatic heterocycles. The van der Waals surface area contributed by atoms with E-state index in [1.807, 2.05) is 13.8 Å². The molecule has 0 aromatic heterocycles. The molecule has 1 rings (SSSR count). The molecule has 4 heteroatoms. The smallest absolute Gasteiger partial charge is 0.150 e. The average Bonchev–Trinajstić information content (AvgIpc) is 1.98. The van der Waals surface area contributed by atoms with Gasteiger partial charge in [-0.25, -0.2) is 8.42 Å². The summed E-state index contributed by atoms with van der Waals surface area (Å²) < 4.78 is 22.7. The monoisotopic (exact) mass is 191 g/mol. The Hall–Kier alpha value is -0.0900. The molecule has 1 saturated heterocycles. The minimum absolute atomic E-state index is 0.343. The van der Waals surface area contributed by atoms with Crippen LogP contribution < -0.4 is 5.32 Å². The molecule has 2 atom stereocenters. The first-order chi connectivity index (χ1) is 5.55. The zero-order valence-electron chi connectivity index (χ0n) is 7.71. The minimum atomic E-state index is -2.76. The Balaban J connectivity index is 2.39. The van der Waals surface area contributed by atoms with Crippen molar-refractivity contribution < 1.29 is 8.42 Å². The summed E-state index contributed by atoms with van der Waals surface area (Å²) in [6, 6.07) is 0.386. The highest BCUT2D eigenvalue weighted by atomic mass is 32.2. The van der Waals surface area contributed by atoms with Gasteiger partial charge in [0.05, 0.1) is 5.75 Å². The zero-order chi connectivity index (χ0) is 9.19. The SMILES string of the molecule is CCCS(=O)(=O)C[C@H]1CN[C@@H]1C. The van der Waals surface area contributed by atoms with Crippen LogP contribution in [0.15, 0.2) is 0 Å². The third-order valence-corrected chi connectivity index (χ3v) is 4.36. The van der Waals surface area contributed by atoms with Crippen molar-refractivity contribution in [1.29, 1.82) is 0 Å². The summed E-state index contributed by atoms with van der Waals surface area (Å²) in [5.41, 5.74) is 0. The van der Waals surface area contributed by atoms with Gasteiger partial charge in [0.25, 0.3) is 0 Å². The lowest BCUT2D eigenvalue weighted by atomic mass is 9.96. The Morgan fingerprint density at radius 3 is 2.50 bits per heavy atom. The van der Waals surface area contributed by atoms with E-state index in [4.69, 9.17) is 0 Å². The van der Waals surface area contributed by atoms with E-state index in [0.717, 1.165) is 13.0 Å². The van der Waals surface area contributed by atoms with Crippen molar-refractivity contribution in [2.45, 2.75) is 26.3 Å². The maximum Gasteiger partial charge on any atom is 0.150 e. The lowest BCUT2D eigenvalue weighted by Gasteiger charge is -2.35. The second-order valence-electron chi connectivity index (χ2n) is 3.57. The molecule has 1 aliphatic rings. The van der Waals surface area contributed by atoms with Crippen LogP contribution in [0.3, 0.4) is 0 Å². The van der Waals surface area contributed by atoms with Gasteiger partial charge in [-0.1, -0.05) is 6.92 Å². The van der Waals surface area contributed by atoms with Gasteiger partial charge >= 0.3 is 0 Å². The molecule has 1 heterocycles. The Kier molecular flexibility index (Phi) is 3.12. The van der Waals surface area contributed by atoms with E-state index in [9.17, 15) is 8.42 Å². The standard InChI is InChI=1S/C8H17NO2S/c1-3-4-12(10,11)6-8-5-9-7(8)2/h7-9H,3-6H2,1-2H3/t7-,8-/m1/s1. The highest BCUT2D eigenvalue weighted by Gasteiger charge is 2.30. The van der Waals surface area contributed by atoms with Crippen LogP contribution in [0, 0.1) is 5.92 Å². The molecule has 0 saturated carbocycles. The maximum atomic E-state index is 11.4. The summed E-state index contributed by atoms with van der Waals surface area (Å²) in [7, 11) is -2.76. The first-order valence-corrected chi connectivity index (χ1v) is 6.31. The van der Waals surface area contributed by atoms with Crippen LogP contribution in [0.5, 0.6) is 0 Å². The van der Waals surface area contributed by atoms with Crippen LogP contribution in [0.4, 0.5) is 0 Å². The largest absolute Gasteiger partial charge is 0.314 e. The quantitative estimate of drug-likeness (QED) is 0.700. The second-order valence-corrected chi connectivity index (χ2v) is 5.80. The number of hydrogen-bond donors (Lipinski definition) is 1. The first kappa shape index (κ1) is 9.99. The van der Waals surface area contributed by atoms with Crippen LogP contribution in [-0.4, -0.2) is 32.5 Å². The van der Waals surface area contributed by atoms with Crippen molar-refractivity contribution in [3.63, 3.8) is 0 Å². The summed E-state index contributed by atoms with van der Waals surface area (Å²) in [5.74, 6) is 1.06. The van der Waals surface area contributed by atoms with Gasteiger partial charge in [-0.3, -0.25) is 0 Å². The van der Waals surface area contributed by atoms with E-state index in [0.29, 0.717) is 23.5 Å². The minimum Gasteiger partial charge on any atom is -0.314 e. The van der Waals surface area contributed by atoms with Crippen LogP contribution in [0.1, 0.15) is 20.3 Å². The molecular weight excluding hydrogens is 174 g/mol. The van der Waals surface area contributed by atoms with Crippen molar-refractivity contribution in [2.24, 2.45) is 5.92 Å². The molecule has 0 bridgehead atoms. The van der Waals surface area contributed by atoms with Gasteiger partial charge in [-0.2, -0.15) is 0 Å². The highest BCUT2D eigenvalue weighted by Crippen LogP contribution is 2.15. The van der Waals surface area contributed by atoms with E-state index in [1.165, 1.54) is 0 Å². The van der Waals surface area contributed by atoms with E-state index in [1.54, 1.807) is 0 Å². The number of sulfone groups is 1. The van der Waals surface area contributed by atoms with E-state index < -0.39 is 9.84 Å². The Morgan fingerprint density at radius 1 is 1.50 bits per heavy atom. The van der Waals surface area contributed by atoms with Crippen molar-refractivity contribution in [3.8, 4) is 0 Å².